The molecule has 1 N–H and O–H groups in total. The molecule has 0 saturated carbocycles. The molecule has 0 aliphatic rings. The largest absolute Gasteiger partial charge is 0.310 e. The van der Waals surface area contributed by atoms with Crippen molar-refractivity contribution >= 4 is 56.1 Å². The molecule has 2 aromatic heterocycles. The maximum atomic E-state index is 11.4. The zero-order chi connectivity index (χ0) is 13.2. The van der Waals surface area contributed by atoms with Gasteiger partial charge in [-0.3, -0.25) is 9.78 Å². The number of aromatic nitrogens is 2. The quantitative estimate of drug-likeness (QED) is 0.432. The highest BCUT2D eigenvalue weighted by Crippen LogP contribution is 2.23. The second-order valence-electron chi connectivity index (χ2n) is 4.09. The van der Waals surface area contributed by atoms with Crippen LogP contribution in [0.15, 0.2) is 42.6 Å². The topological polar surface area (TPSA) is 54.9 Å². The predicted octanol–water partition coefficient (Wildman–Crippen LogP) is 3.16. The van der Waals surface area contributed by atoms with Crippen LogP contribution in [-0.4, -0.2) is 20.3 Å². The fraction of sp³-hybridized carbons (Fsp3) is 0.0714. The highest BCUT2D eigenvalue weighted by Gasteiger charge is 2.06. The monoisotopic (exact) mass is 363 g/mol. The molecule has 0 fully saturated rings. The summed E-state index contributed by atoms with van der Waals surface area (Å²) in [7, 11) is 0. The number of anilines is 1. The third-order valence-electron chi connectivity index (χ3n) is 2.82. The molecule has 0 saturated heterocycles. The maximum Gasteiger partial charge on any atom is 0.235 e. The number of hydrogen-bond acceptors (Lipinski definition) is 3. The van der Waals surface area contributed by atoms with Crippen molar-refractivity contribution in [2.24, 2.45) is 0 Å². The molecule has 5 heteroatoms. The number of nitrogens with zero attached hydrogens (tertiary/aromatic N) is 2. The second-order valence-corrected chi connectivity index (χ2v) is 4.85. The highest BCUT2D eigenvalue weighted by atomic mass is 127. The third kappa shape index (κ3) is 2.37. The van der Waals surface area contributed by atoms with Crippen molar-refractivity contribution in [2.75, 3.05) is 9.74 Å². The van der Waals surface area contributed by atoms with Gasteiger partial charge in [0.1, 0.15) is 5.82 Å². The van der Waals surface area contributed by atoms with E-state index < -0.39 is 0 Å². The van der Waals surface area contributed by atoms with Gasteiger partial charge < -0.3 is 5.32 Å². The van der Waals surface area contributed by atoms with E-state index >= 15 is 0 Å². The first-order valence-electron chi connectivity index (χ1n) is 5.78. The number of rotatable bonds is 2. The number of halogens is 1. The Labute approximate surface area is 123 Å². The lowest BCUT2D eigenvalue weighted by molar-refractivity contribution is -0.113. The number of alkyl halides is 1. The summed E-state index contributed by atoms with van der Waals surface area (Å²) in [5, 5.41) is 4.82. The van der Waals surface area contributed by atoms with Crippen LogP contribution in [-0.2, 0) is 4.79 Å². The number of nitrogens with one attached hydrogen (secondary N) is 1. The summed E-state index contributed by atoms with van der Waals surface area (Å²) >= 11 is 2.02. The van der Waals surface area contributed by atoms with E-state index in [0.29, 0.717) is 10.2 Å². The Hall–Kier alpha value is -1.76. The van der Waals surface area contributed by atoms with Crippen molar-refractivity contribution in [1.29, 1.82) is 0 Å². The van der Waals surface area contributed by atoms with Gasteiger partial charge in [0.05, 0.1) is 15.5 Å². The van der Waals surface area contributed by atoms with E-state index in [1.54, 1.807) is 12.3 Å². The average molecular weight is 363 g/mol. The Balaban J connectivity index is 2.19. The van der Waals surface area contributed by atoms with Gasteiger partial charge in [-0.25, -0.2) is 4.98 Å². The van der Waals surface area contributed by atoms with Crippen LogP contribution in [0.25, 0.3) is 21.8 Å². The van der Waals surface area contributed by atoms with E-state index in [2.05, 4.69) is 15.3 Å². The van der Waals surface area contributed by atoms with Gasteiger partial charge in [0, 0.05) is 17.0 Å². The molecule has 0 radical (unpaired) electrons. The first-order valence-corrected chi connectivity index (χ1v) is 7.31. The second kappa shape index (κ2) is 5.08. The molecule has 0 aliphatic heterocycles. The molecule has 94 valence electrons. The minimum absolute atomic E-state index is 0.0550. The minimum atomic E-state index is -0.0550. The van der Waals surface area contributed by atoms with Gasteiger partial charge in [-0.1, -0.05) is 40.8 Å². The molecule has 19 heavy (non-hydrogen) atoms. The molecule has 1 aromatic carbocycles. The van der Waals surface area contributed by atoms with Gasteiger partial charge in [0.25, 0.3) is 0 Å². The highest BCUT2D eigenvalue weighted by molar-refractivity contribution is 14.1. The van der Waals surface area contributed by atoms with Crippen molar-refractivity contribution in [3.05, 3.63) is 42.6 Å². The van der Waals surface area contributed by atoms with Crippen LogP contribution in [0.5, 0.6) is 0 Å². The van der Waals surface area contributed by atoms with Crippen molar-refractivity contribution in [3.8, 4) is 0 Å². The molecule has 0 unspecified atom stereocenters. The van der Waals surface area contributed by atoms with Gasteiger partial charge in [-0.15, -0.1) is 0 Å². The van der Waals surface area contributed by atoms with Crippen molar-refractivity contribution in [3.63, 3.8) is 0 Å². The van der Waals surface area contributed by atoms with Crippen LogP contribution >= 0.6 is 22.6 Å². The van der Waals surface area contributed by atoms with Crippen LogP contribution in [0, 0.1) is 0 Å². The zero-order valence-electron chi connectivity index (χ0n) is 9.93. The van der Waals surface area contributed by atoms with E-state index in [4.69, 9.17) is 0 Å². The Morgan fingerprint density at radius 2 is 1.84 bits per heavy atom. The molecule has 4 nitrogen and oxygen atoms in total. The van der Waals surface area contributed by atoms with Crippen molar-refractivity contribution in [2.45, 2.75) is 0 Å². The first-order chi connectivity index (χ1) is 9.28. The minimum Gasteiger partial charge on any atom is -0.310 e. The summed E-state index contributed by atoms with van der Waals surface area (Å²) in [6.45, 7) is 0. The fourth-order valence-electron chi connectivity index (χ4n) is 1.97. The number of carbonyl (C=O) groups is 1. The summed E-state index contributed by atoms with van der Waals surface area (Å²) < 4.78 is 0.408. The smallest absolute Gasteiger partial charge is 0.235 e. The predicted molar refractivity (Wildman–Crippen MR) is 84.6 cm³/mol. The molecule has 3 rings (SSSR count). The van der Waals surface area contributed by atoms with Crippen molar-refractivity contribution in [1.82, 2.24) is 9.97 Å². The number of hydrogen-bond donors (Lipinski definition) is 1. The molecular formula is C14H10IN3O. The number of carbonyl (C=O) groups excluding carboxylic acids is 1. The molecule has 2 heterocycles. The number of pyridine rings is 2. The fourth-order valence-corrected chi connectivity index (χ4v) is 2.16. The lowest BCUT2D eigenvalue weighted by atomic mass is 10.1. The summed E-state index contributed by atoms with van der Waals surface area (Å²) in [4.78, 5) is 20.3. The van der Waals surface area contributed by atoms with Gasteiger partial charge >= 0.3 is 0 Å². The number of amides is 1. The summed E-state index contributed by atoms with van der Waals surface area (Å²) in [5.41, 5.74) is 1.66. The van der Waals surface area contributed by atoms with Gasteiger partial charge in [-0.2, -0.15) is 0 Å². The van der Waals surface area contributed by atoms with Crippen LogP contribution < -0.4 is 5.32 Å². The molecule has 0 spiro atoms. The van der Waals surface area contributed by atoms with Gasteiger partial charge in [0.2, 0.25) is 5.91 Å². The molecule has 0 bridgehead atoms. The summed E-state index contributed by atoms with van der Waals surface area (Å²) in [6.07, 6.45) is 1.75. The molecular weight excluding hydrogens is 353 g/mol. The van der Waals surface area contributed by atoms with E-state index in [1.165, 1.54) is 0 Å². The lowest BCUT2D eigenvalue weighted by Gasteiger charge is -2.06. The third-order valence-corrected chi connectivity index (χ3v) is 3.51. The Morgan fingerprint density at radius 3 is 2.63 bits per heavy atom. The lowest BCUT2D eigenvalue weighted by Crippen LogP contribution is -2.13. The van der Waals surface area contributed by atoms with Gasteiger partial charge in [-0.05, 0) is 18.2 Å². The molecule has 0 atom stereocenters. The Bertz CT molecular complexity index is 773. The zero-order valence-corrected chi connectivity index (χ0v) is 12.1. The normalized spacial score (nSPS) is 10.8. The van der Waals surface area contributed by atoms with Crippen LogP contribution in [0.4, 0.5) is 5.82 Å². The summed E-state index contributed by atoms with van der Waals surface area (Å²) in [6, 6.07) is 11.7. The van der Waals surface area contributed by atoms with Crippen molar-refractivity contribution < 1.29 is 4.79 Å². The van der Waals surface area contributed by atoms with E-state index in [1.807, 2.05) is 52.9 Å². The van der Waals surface area contributed by atoms with Crippen LogP contribution in [0.2, 0.25) is 0 Å². The summed E-state index contributed by atoms with van der Waals surface area (Å²) in [5.74, 6) is 0.507. The molecule has 3 aromatic rings. The molecule has 0 aliphatic carbocycles. The number of benzene rings is 1. The number of fused-ring (bicyclic) bond motifs is 3. The van der Waals surface area contributed by atoms with Crippen LogP contribution in [0.1, 0.15) is 0 Å². The first kappa shape index (κ1) is 12.3. The maximum absolute atomic E-state index is 11.4. The van der Waals surface area contributed by atoms with E-state index in [0.717, 1.165) is 21.8 Å². The van der Waals surface area contributed by atoms with Crippen LogP contribution in [0.3, 0.4) is 0 Å². The standard InChI is InChI=1S/C14H10IN3O/c15-8-12(19)17-11-6-5-10-4-3-9-2-1-7-16-13(9)14(10)18-11/h1-7H,8H2,(H,17,18,19). The Morgan fingerprint density at radius 1 is 1.11 bits per heavy atom. The van der Waals surface area contributed by atoms with Gasteiger partial charge in [0.15, 0.2) is 0 Å². The SMILES string of the molecule is O=C(CI)Nc1ccc2ccc3cccnc3c2n1. The average Bonchev–Trinajstić information content (AvgIpc) is 2.47. The van der Waals surface area contributed by atoms with E-state index in [-0.39, 0.29) is 5.91 Å². The Kier molecular flexibility index (Phi) is 3.29. The molecule has 1 amide bonds. The van der Waals surface area contributed by atoms with E-state index in [9.17, 15) is 4.79 Å².